The zero-order valence-electron chi connectivity index (χ0n) is 9.04. The van der Waals surface area contributed by atoms with Crippen LogP contribution in [0.1, 0.15) is 12.5 Å². The summed E-state index contributed by atoms with van der Waals surface area (Å²) >= 11 is 0. The van der Waals surface area contributed by atoms with Gasteiger partial charge in [0.05, 0.1) is 5.56 Å². The van der Waals surface area contributed by atoms with Crippen LogP contribution in [0, 0.1) is 18.6 Å². The van der Waals surface area contributed by atoms with Crippen LogP contribution < -0.4 is 0 Å². The number of nitrogens with zero attached hydrogens (tertiary/aromatic N) is 3. The molecule has 2 rings (SSSR count). The van der Waals surface area contributed by atoms with Crippen molar-refractivity contribution in [2.45, 2.75) is 20.4 Å². The number of rotatable bonds is 2. The molecule has 0 radical (unpaired) electrons. The predicted molar refractivity (Wildman–Crippen MR) is 55.8 cm³/mol. The Morgan fingerprint density at radius 1 is 1.25 bits per heavy atom. The normalized spacial score (nSPS) is 10.8. The fourth-order valence-electron chi connectivity index (χ4n) is 1.52. The molecular formula is C11H11F2N3. The lowest BCUT2D eigenvalue weighted by Crippen LogP contribution is -1.99. The number of hydrogen-bond donors (Lipinski definition) is 0. The fraction of sp³-hybridized carbons (Fsp3) is 0.273. The van der Waals surface area contributed by atoms with E-state index in [1.807, 2.05) is 6.92 Å². The SMILES string of the molecule is CCn1cnnc1-c1cc(C)c(F)cc1F. The van der Waals surface area contributed by atoms with E-state index in [-0.39, 0.29) is 5.56 Å². The van der Waals surface area contributed by atoms with Gasteiger partial charge < -0.3 is 4.57 Å². The molecule has 1 aromatic heterocycles. The van der Waals surface area contributed by atoms with Crippen LogP contribution in [0.3, 0.4) is 0 Å². The summed E-state index contributed by atoms with van der Waals surface area (Å²) in [5.41, 5.74) is 0.667. The number of aryl methyl sites for hydroxylation is 2. The molecule has 5 heteroatoms. The molecule has 0 amide bonds. The Kier molecular flexibility index (Phi) is 2.68. The van der Waals surface area contributed by atoms with Crippen molar-refractivity contribution in [3.05, 3.63) is 35.7 Å². The Balaban J connectivity index is 2.60. The third-order valence-corrected chi connectivity index (χ3v) is 2.45. The van der Waals surface area contributed by atoms with E-state index in [1.165, 1.54) is 12.4 Å². The van der Waals surface area contributed by atoms with E-state index in [0.717, 1.165) is 6.07 Å². The topological polar surface area (TPSA) is 30.7 Å². The molecule has 2 aromatic rings. The zero-order valence-corrected chi connectivity index (χ0v) is 9.04. The zero-order chi connectivity index (χ0) is 11.7. The van der Waals surface area contributed by atoms with Crippen LogP contribution in [-0.4, -0.2) is 14.8 Å². The molecule has 0 bridgehead atoms. The van der Waals surface area contributed by atoms with Gasteiger partial charge in [-0.15, -0.1) is 10.2 Å². The van der Waals surface area contributed by atoms with Crippen LogP contribution in [-0.2, 0) is 6.54 Å². The summed E-state index contributed by atoms with van der Waals surface area (Å²) in [7, 11) is 0. The van der Waals surface area contributed by atoms with Gasteiger partial charge in [-0.25, -0.2) is 8.78 Å². The molecule has 0 fully saturated rings. The molecule has 84 valence electrons. The minimum Gasteiger partial charge on any atom is -0.314 e. The number of hydrogen-bond acceptors (Lipinski definition) is 2. The first-order valence-corrected chi connectivity index (χ1v) is 4.97. The molecule has 0 unspecified atom stereocenters. The van der Waals surface area contributed by atoms with Gasteiger partial charge in [-0.1, -0.05) is 0 Å². The van der Waals surface area contributed by atoms with Crippen molar-refractivity contribution in [2.24, 2.45) is 0 Å². The van der Waals surface area contributed by atoms with Crippen molar-refractivity contribution in [3.63, 3.8) is 0 Å². The van der Waals surface area contributed by atoms with E-state index in [0.29, 0.717) is 17.9 Å². The second-order valence-electron chi connectivity index (χ2n) is 3.52. The van der Waals surface area contributed by atoms with Crippen molar-refractivity contribution in [2.75, 3.05) is 0 Å². The van der Waals surface area contributed by atoms with Gasteiger partial charge in [0.1, 0.15) is 18.0 Å². The number of benzene rings is 1. The van der Waals surface area contributed by atoms with Gasteiger partial charge in [0, 0.05) is 12.6 Å². The largest absolute Gasteiger partial charge is 0.314 e. The Hall–Kier alpha value is -1.78. The average molecular weight is 223 g/mol. The minimum atomic E-state index is -0.620. The Labute approximate surface area is 91.7 Å². The fourth-order valence-corrected chi connectivity index (χ4v) is 1.52. The minimum absolute atomic E-state index is 0.276. The molecule has 0 aliphatic carbocycles. The third kappa shape index (κ3) is 1.68. The molecule has 1 heterocycles. The first-order valence-electron chi connectivity index (χ1n) is 4.97. The van der Waals surface area contributed by atoms with Gasteiger partial charge >= 0.3 is 0 Å². The van der Waals surface area contributed by atoms with Crippen LogP contribution in [0.15, 0.2) is 18.5 Å². The maximum absolute atomic E-state index is 13.6. The molecule has 0 atom stereocenters. The Bertz CT molecular complexity index is 520. The molecule has 0 aliphatic rings. The van der Waals surface area contributed by atoms with Crippen LogP contribution >= 0.6 is 0 Å². The lowest BCUT2D eigenvalue weighted by Gasteiger charge is -2.06. The van der Waals surface area contributed by atoms with Crippen LogP contribution in [0.5, 0.6) is 0 Å². The van der Waals surface area contributed by atoms with E-state index in [1.54, 1.807) is 11.5 Å². The second-order valence-corrected chi connectivity index (χ2v) is 3.52. The van der Waals surface area contributed by atoms with Crippen molar-refractivity contribution < 1.29 is 8.78 Å². The van der Waals surface area contributed by atoms with Crippen molar-refractivity contribution >= 4 is 0 Å². The molecule has 1 aromatic carbocycles. The van der Waals surface area contributed by atoms with E-state index in [4.69, 9.17) is 0 Å². The highest BCUT2D eigenvalue weighted by atomic mass is 19.1. The average Bonchev–Trinajstić information content (AvgIpc) is 2.71. The first kappa shape index (κ1) is 10.7. The van der Waals surface area contributed by atoms with E-state index < -0.39 is 11.6 Å². The molecular weight excluding hydrogens is 212 g/mol. The van der Waals surface area contributed by atoms with Gasteiger partial charge in [-0.3, -0.25) is 0 Å². The van der Waals surface area contributed by atoms with Crippen molar-refractivity contribution in [1.29, 1.82) is 0 Å². The van der Waals surface area contributed by atoms with Crippen LogP contribution in [0.25, 0.3) is 11.4 Å². The first-order chi connectivity index (χ1) is 7.63. The Morgan fingerprint density at radius 2 is 2.00 bits per heavy atom. The van der Waals surface area contributed by atoms with Crippen LogP contribution in [0.2, 0.25) is 0 Å². The van der Waals surface area contributed by atoms with Crippen molar-refractivity contribution in [3.8, 4) is 11.4 Å². The summed E-state index contributed by atoms with van der Waals surface area (Å²) in [6.07, 6.45) is 1.52. The number of aromatic nitrogens is 3. The van der Waals surface area contributed by atoms with Gasteiger partial charge in [-0.2, -0.15) is 0 Å². The summed E-state index contributed by atoms with van der Waals surface area (Å²) in [6, 6.07) is 2.32. The Morgan fingerprint density at radius 3 is 2.69 bits per heavy atom. The van der Waals surface area contributed by atoms with Gasteiger partial charge in [0.15, 0.2) is 5.82 Å². The summed E-state index contributed by atoms with van der Waals surface area (Å²) < 4.78 is 28.4. The summed E-state index contributed by atoms with van der Waals surface area (Å²) in [4.78, 5) is 0. The van der Waals surface area contributed by atoms with E-state index in [2.05, 4.69) is 10.2 Å². The smallest absolute Gasteiger partial charge is 0.166 e. The highest BCUT2D eigenvalue weighted by Crippen LogP contribution is 2.23. The lowest BCUT2D eigenvalue weighted by molar-refractivity contribution is 0.578. The molecule has 0 saturated carbocycles. The van der Waals surface area contributed by atoms with E-state index in [9.17, 15) is 8.78 Å². The highest BCUT2D eigenvalue weighted by Gasteiger charge is 2.13. The molecule has 3 nitrogen and oxygen atoms in total. The standard InChI is InChI=1S/C11H11F2N3/c1-3-16-6-14-15-11(16)8-4-7(2)9(12)5-10(8)13/h4-6H,3H2,1-2H3. The molecule has 0 saturated heterocycles. The summed E-state index contributed by atoms with van der Waals surface area (Å²) in [5.74, 6) is -0.752. The monoisotopic (exact) mass is 223 g/mol. The molecule has 0 aliphatic heterocycles. The highest BCUT2D eigenvalue weighted by molar-refractivity contribution is 5.57. The van der Waals surface area contributed by atoms with Gasteiger partial charge in [0.2, 0.25) is 0 Å². The van der Waals surface area contributed by atoms with Gasteiger partial charge in [-0.05, 0) is 25.5 Å². The maximum Gasteiger partial charge on any atom is 0.166 e. The summed E-state index contributed by atoms with van der Waals surface area (Å²) in [5, 5.41) is 7.55. The van der Waals surface area contributed by atoms with Crippen LogP contribution in [0.4, 0.5) is 8.78 Å². The third-order valence-electron chi connectivity index (χ3n) is 2.45. The number of halogens is 2. The quantitative estimate of drug-likeness (QED) is 0.783. The van der Waals surface area contributed by atoms with E-state index >= 15 is 0 Å². The molecule has 16 heavy (non-hydrogen) atoms. The summed E-state index contributed by atoms with van der Waals surface area (Å²) in [6.45, 7) is 4.13. The maximum atomic E-state index is 13.6. The molecule has 0 N–H and O–H groups in total. The molecule has 0 spiro atoms. The second kappa shape index (κ2) is 4.00. The van der Waals surface area contributed by atoms with Gasteiger partial charge in [0.25, 0.3) is 0 Å². The van der Waals surface area contributed by atoms with Crippen molar-refractivity contribution in [1.82, 2.24) is 14.8 Å². The lowest BCUT2D eigenvalue weighted by atomic mass is 10.1. The predicted octanol–water partition coefficient (Wildman–Crippen LogP) is 2.55.